The number of hydrogen-bond acceptors (Lipinski definition) is 1. The summed E-state index contributed by atoms with van der Waals surface area (Å²) in [4.78, 5) is 0. The second-order valence-corrected chi connectivity index (χ2v) is 6.43. The van der Waals surface area contributed by atoms with Crippen molar-refractivity contribution in [1.29, 1.82) is 0 Å². The van der Waals surface area contributed by atoms with Gasteiger partial charge in [0.15, 0.2) is 0 Å². The van der Waals surface area contributed by atoms with Crippen molar-refractivity contribution in [1.82, 2.24) is 5.32 Å². The quantitative estimate of drug-likeness (QED) is 0.873. The molecule has 0 bridgehead atoms. The Morgan fingerprint density at radius 1 is 1.11 bits per heavy atom. The normalized spacial score (nSPS) is 22.9. The van der Waals surface area contributed by atoms with Gasteiger partial charge in [-0.1, -0.05) is 13.3 Å². The Hall–Kier alpha value is -0.960. The summed E-state index contributed by atoms with van der Waals surface area (Å²) < 4.78 is 26.9. The Labute approximate surface area is 113 Å². The van der Waals surface area contributed by atoms with E-state index in [0.717, 1.165) is 37.6 Å². The van der Waals surface area contributed by atoms with Crippen molar-refractivity contribution in [3.63, 3.8) is 0 Å². The van der Waals surface area contributed by atoms with Crippen LogP contribution in [0.25, 0.3) is 0 Å². The van der Waals surface area contributed by atoms with E-state index < -0.39 is 11.6 Å². The minimum Gasteiger partial charge on any atom is -0.316 e. The third-order valence-corrected chi connectivity index (χ3v) is 5.03. The molecule has 3 heteroatoms. The monoisotopic (exact) mass is 265 g/mol. The predicted molar refractivity (Wildman–Crippen MR) is 72.1 cm³/mol. The maximum absolute atomic E-state index is 13.5. The van der Waals surface area contributed by atoms with E-state index >= 15 is 0 Å². The molecule has 104 valence electrons. The molecule has 0 heterocycles. The molecule has 0 unspecified atom stereocenters. The average molecular weight is 265 g/mol. The first-order valence-electron chi connectivity index (χ1n) is 7.25. The number of likely N-dealkylation sites (N-methyl/N-ethyl adjacent to an activating group) is 1. The molecule has 1 nitrogen and oxygen atoms in total. The van der Waals surface area contributed by atoms with Crippen LogP contribution in [-0.2, 0) is 5.41 Å². The van der Waals surface area contributed by atoms with E-state index in [9.17, 15) is 8.78 Å². The van der Waals surface area contributed by atoms with Gasteiger partial charge < -0.3 is 5.32 Å². The van der Waals surface area contributed by atoms with Gasteiger partial charge in [-0.2, -0.15) is 0 Å². The third-order valence-electron chi connectivity index (χ3n) is 5.03. The molecular formula is C16H21F2N. The Morgan fingerprint density at radius 2 is 1.74 bits per heavy atom. The molecule has 2 aliphatic carbocycles. The van der Waals surface area contributed by atoms with Gasteiger partial charge in [0.1, 0.15) is 11.6 Å². The maximum Gasteiger partial charge on any atom is 0.126 e. The highest BCUT2D eigenvalue weighted by Gasteiger charge is 2.57. The summed E-state index contributed by atoms with van der Waals surface area (Å²) in [5.74, 6) is -0.916. The molecule has 1 spiro atoms. The smallest absolute Gasteiger partial charge is 0.126 e. The topological polar surface area (TPSA) is 12.0 Å². The molecule has 2 aliphatic rings. The van der Waals surface area contributed by atoms with E-state index in [1.54, 1.807) is 0 Å². The summed E-state index contributed by atoms with van der Waals surface area (Å²) in [6, 6.07) is 4.00. The largest absolute Gasteiger partial charge is 0.316 e. The minimum absolute atomic E-state index is 0.0562. The first kappa shape index (κ1) is 13.0. The molecule has 0 amide bonds. The van der Waals surface area contributed by atoms with Gasteiger partial charge in [0.2, 0.25) is 0 Å². The predicted octanol–water partition coefficient (Wildman–Crippen LogP) is 3.78. The van der Waals surface area contributed by atoms with E-state index in [1.165, 1.54) is 31.4 Å². The van der Waals surface area contributed by atoms with Crippen LogP contribution in [0.1, 0.15) is 44.6 Å². The molecule has 19 heavy (non-hydrogen) atoms. The first-order valence-corrected chi connectivity index (χ1v) is 7.25. The summed E-state index contributed by atoms with van der Waals surface area (Å²) in [5.41, 5.74) is 1.26. The lowest BCUT2D eigenvalue weighted by molar-refractivity contribution is -0.0483. The summed E-state index contributed by atoms with van der Waals surface area (Å²) in [7, 11) is 0. The molecule has 0 saturated heterocycles. The molecule has 2 saturated carbocycles. The number of halogens is 2. The average Bonchev–Trinajstić information content (AvgIpc) is 2.24. The minimum atomic E-state index is -0.458. The molecule has 1 N–H and O–H groups in total. The zero-order valence-corrected chi connectivity index (χ0v) is 11.4. The van der Waals surface area contributed by atoms with Crippen LogP contribution in [-0.4, -0.2) is 13.1 Å². The maximum atomic E-state index is 13.5. The number of hydrogen-bond donors (Lipinski definition) is 1. The summed E-state index contributed by atoms with van der Waals surface area (Å²) >= 11 is 0. The van der Waals surface area contributed by atoms with Gasteiger partial charge in [-0.05, 0) is 55.3 Å². The van der Waals surface area contributed by atoms with Crippen molar-refractivity contribution >= 4 is 0 Å². The van der Waals surface area contributed by atoms with Gasteiger partial charge >= 0.3 is 0 Å². The Kier molecular flexibility index (Phi) is 3.12. The summed E-state index contributed by atoms with van der Waals surface area (Å²) in [6.07, 6.45) is 6.05. The molecule has 0 aliphatic heterocycles. The van der Waals surface area contributed by atoms with Crippen molar-refractivity contribution in [3.05, 3.63) is 35.4 Å². The fourth-order valence-electron chi connectivity index (χ4n) is 4.07. The van der Waals surface area contributed by atoms with E-state index in [2.05, 4.69) is 12.2 Å². The zero-order valence-electron chi connectivity index (χ0n) is 11.4. The van der Waals surface area contributed by atoms with Crippen LogP contribution in [0.5, 0.6) is 0 Å². The van der Waals surface area contributed by atoms with Gasteiger partial charge in [0, 0.05) is 18.0 Å². The highest BCUT2D eigenvalue weighted by atomic mass is 19.1. The molecule has 0 radical (unpaired) electrons. The van der Waals surface area contributed by atoms with Crippen molar-refractivity contribution in [3.8, 4) is 0 Å². The van der Waals surface area contributed by atoms with E-state index in [4.69, 9.17) is 0 Å². The lowest BCUT2D eigenvalue weighted by Crippen LogP contribution is -2.57. The van der Waals surface area contributed by atoms with Crippen molar-refractivity contribution in [2.75, 3.05) is 13.1 Å². The van der Waals surface area contributed by atoms with Crippen LogP contribution in [0, 0.1) is 17.0 Å². The molecular weight excluding hydrogens is 244 g/mol. The van der Waals surface area contributed by atoms with Crippen LogP contribution in [0.3, 0.4) is 0 Å². The van der Waals surface area contributed by atoms with Crippen LogP contribution >= 0.6 is 0 Å². The third kappa shape index (κ3) is 2.18. The SMILES string of the molecule is CCNCC1(c2cc(F)cc(F)c2)CC2(CCC2)C1. The molecule has 2 fully saturated rings. The van der Waals surface area contributed by atoms with Crippen LogP contribution in [0.4, 0.5) is 8.78 Å². The first-order chi connectivity index (χ1) is 9.07. The number of nitrogens with one attached hydrogen (secondary N) is 1. The summed E-state index contributed by atoms with van der Waals surface area (Å²) in [6.45, 7) is 3.79. The zero-order chi connectivity index (χ0) is 13.5. The lowest BCUT2D eigenvalue weighted by Gasteiger charge is -2.61. The van der Waals surface area contributed by atoms with Gasteiger partial charge in [-0.25, -0.2) is 8.78 Å². The lowest BCUT2D eigenvalue weighted by atomic mass is 9.43. The Morgan fingerprint density at radius 3 is 2.21 bits per heavy atom. The van der Waals surface area contributed by atoms with Gasteiger partial charge in [0.05, 0.1) is 0 Å². The van der Waals surface area contributed by atoms with Gasteiger partial charge in [-0.3, -0.25) is 0 Å². The highest BCUT2D eigenvalue weighted by Crippen LogP contribution is 2.64. The molecule has 0 aromatic heterocycles. The van der Waals surface area contributed by atoms with E-state index in [0.29, 0.717) is 5.41 Å². The van der Waals surface area contributed by atoms with Crippen LogP contribution in [0.2, 0.25) is 0 Å². The Bertz CT molecular complexity index is 451. The van der Waals surface area contributed by atoms with Crippen molar-refractivity contribution < 1.29 is 8.78 Å². The standard InChI is InChI=1S/C16H21F2N/c1-2-19-11-16(9-15(10-16)4-3-5-15)12-6-13(17)8-14(18)7-12/h6-8,19H,2-5,9-11H2,1H3. The highest BCUT2D eigenvalue weighted by molar-refractivity contribution is 5.33. The summed E-state index contributed by atoms with van der Waals surface area (Å²) in [5, 5.41) is 3.37. The second kappa shape index (κ2) is 4.55. The fourth-order valence-corrected chi connectivity index (χ4v) is 4.07. The van der Waals surface area contributed by atoms with Gasteiger partial charge in [0.25, 0.3) is 0 Å². The van der Waals surface area contributed by atoms with E-state index in [-0.39, 0.29) is 5.41 Å². The molecule has 3 rings (SSSR count). The van der Waals surface area contributed by atoms with Crippen molar-refractivity contribution in [2.24, 2.45) is 5.41 Å². The second-order valence-electron chi connectivity index (χ2n) is 6.43. The number of rotatable bonds is 4. The molecule has 1 aromatic rings. The van der Waals surface area contributed by atoms with Crippen molar-refractivity contribution in [2.45, 2.75) is 44.4 Å². The number of benzene rings is 1. The van der Waals surface area contributed by atoms with Gasteiger partial charge in [-0.15, -0.1) is 0 Å². The van der Waals surface area contributed by atoms with Crippen LogP contribution in [0.15, 0.2) is 18.2 Å². The van der Waals surface area contributed by atoms with Crippen LogP contribution < -0.4 is 5.32 Å². The fraction of sp³-hybridized carbons (Fsp3) is 0.625. The molecule has 1 aromatic carbocycles. The molecule has 0 atom stereocenters. The Balaban J connectivity index is 1.86. The van der Waals surface area contributed by atoms with E-state index in [1.807, 2.05) is 0 Å².